The SMILES string of the molecule is CC(NC(=O)c1ccc2c(=O)n(C)c(=S)[nH]c2c1)c1ccccc1Br. The molecule has 128 valence electrons. The number of fused-ring (bicyclic) bond motifs is 1. The maximum atomic E-state index is 12.6. The number of nitrogens with one attached hydrogen (secondary N) is 2. The molecule has 3 aromatic rings. The van der Waals surface area contributed by atoms with Crippen LogP contribution >= 0.6 is 28.1 Å². The summed E-state index contributed by atoms with van der Waals surface area (Å²) < 4.78 is 2.62. The van der Waals surface area contributed by atoms with E-state index < -0.39 is 0 Å². The summed E-state index contributed by atoms with van der Waals surface area (Å²) in [6.45, 7) is 1.92. The van der Waals surface area contributed by atoms with Crippen molar-refractivity contribution in [3.63, 3.8) is 0 Å². The normalized spacial score (nSPS) is 12.1. The average molecular weight is 418 g/mol. The first-order valence-corrected chi connectivity index (χ1v) is 8.87. The second-order valence-electron chi connectivity index (χ2n) is 5.77. The van der Waals surface area contributed by atoms with Crippen LogP contribution in [0.5, 0.6) is 0 Å². The van der Waals surface area contributed by atoms with Crippen LogP contribution in [0.3, 0.4) is 0 Å². The van der Waals surface area contributed by atoms with Crippen LogP contribution in [-0.4, -0.2) is 15.5 Å². The number of aromatic amines is 1. The molecule has 0 spiro atoms. The lowest BCUT2D eigenvalue weighted by atomic mass is 10.1. The standard InChI is InChI=1S/C18H16BrN3O2S/c1-10(12-5-3-4-6-14(12)19)20-16(23)11-7-8-13-15(9-11)21-18(25)22(2)17(13)24/h3-10H,1-2H3,(H,20,23)(H,21,25). The second kappa shape index (κ2) is 6.93. The number of nitrogens with zero attached hydrogens (tertiary/aromatic N) is 1. The van der Waals surface area contributed by atoms with Gasteiger partial charge in [-0.2, -0.15) is 0 Å². The highest BCUT2D eigenvalue weighted by molar-refractivity contribution is 9.10. The van der Waals surface area contributed by atoms with E-state index in [0.717, 1.165) is 10.0 Å². The van der Waals surface area contributed by atoms with Gasteiger partial charge in [0.2, 0.25) is 0 Å². The molecule has 0 aliphatic rings. The fourth-order valence-electron chi connectivity index (χ4n) is 2.63. The monoisotopic (exact) mass is 417 g/mol. The minimum atomic E-state index is -0.217. The molecule has 0 fully saturated rings. The van der Waals surface area contributed by atoms with Crippen LogP contribution in [-0.2, 0) is 7.05 Å². The topological polar surface area (TPSA) is 66.9 Å². The summed E-state index contributed by atoms with van der Waals surface area (Å²) in [6.07, 6.45) is 0. The molecule has 2 aromatic carbocycles. The van der Waals surface area contributed by atoms with Crippen molar-refractivity contribution in [3.8, 4) is 0 Å². The van der Waals surface area contributed by atoms with Crippen molar-refractivity contribution >= 4 is 45.0 Å². The van der Waals surface area contributed by atoms with E-state index in [1.807, 2.05) is 31.2 Å². The molecule has 3 rings (SSSR count). The number of carbonyl (C=O) groups is 1. The van der Waals surface area contributed by atoms with Crippen molar-refractivity contribution in [2.45, 2.75) is 13.0 Å². The van der Waals surface area contributed by atoms with Gasteiger partial charge >= 0.3 is 0 Å². The van der Waals surface area contributed by atoms with Gasteiger partial charge in [-0.15, -0.1) is 0 Å². The fraction of sp³-hybridized carbons (Fsp3) is 0.167. The molecule has 0 aliphatic heterocycles. The molecule has 1 amide bonds. The van der Waals surface area contributed by atoms with Crippen molar-refractivity contribution in [1.82, 2.24) is 14.9 Å². The molecule has 0 bridgehead atoms. The highest BCUT2D eigenvalue weighted by Gasteiger charge is 2.14. The largest absolute Gasteiger partial charge is 0.345 e. The first-order chi connectivity index (χ1) is 11.9. The van der Waals surface area contributed by atoms with Gasteiger partial charge in [-0.3, -0.25) is 14.2 Å². The first kappa shape index (κ1) is 17.6. The summed E-state index contributed by atoms with van der Waals surface area (Å²) in [6, 6.07) is 12.5. The third-order valence-corrected chi connectivity index (χ3v) is 5.18. The summed E-state index contributed by atoms with van der Waals surface area (Å²) >= 11 is 8.62. The molecule has 7 heteroatoms. The highest BCUT2D eigenvalue weighted by Crippen LogP contribution is 2.23. The maximum absolute atomic E-state index is 12.6. The Hall–Kier alpha value is -2.25. The summed E-state index contributed by atoms with van der Waals surface area (Å²) in [5.74, 6) is -0.217. The van der Waals surface area contributed by atoms with Gasteiger partial charge in [-0.1, -0.05) is 34.1 Å². The van der Waals surface area contributed by atoms with Crippen LogP contribution in [0.25, 0.3) is 10.9 Å². The molecular formula is C18H16BrN3O2S. The molecule has 5 nitrogen and oxygen atoms in total. The number of hydrogen-bond donors (Lipinski definition) is 2. The van der Waals surface area contributed by atoms with Gasteiger partial charge in [0.25, 0.3) is 11.5 Å². The third kappa shape index (κ3) is 3.43. The lowest BCUT2D eigenvalue weighted by Gasteiger charge is -2.16. The summed E-state index contributed by atoms with van der Waals surface area (Å²) in [5, 5.41) is 3.46. The molecule has 25 heavy (non-hydrogen) atoms. The van der Waals surface area contributed by atoms with Crippen LogP contribution in [0.4, 0.5) is 0 Å². The smallest absolute Gasteiger partial charge is 0.261 e. The minimum Gasteiger partial charge on any atom is -0.345 e. The molecule has 2 N–H and O–H groups in total. The molecule has 1 heterocycles. The van der Waals surface area contributed by atoms with E-state index in [2.05, 4.69) is 26.2 Å². The molecule has 0 saturated heterocycles. The predicted molar refractivity (Wildman–Crippen MR) is 104 cm³/mol. The predicted octanol–water partition coefficient (Wildman–Crippen LogP) is 3.85. The molecule has 0 aliphatic carbocycles. The van der Waals surface area contributed by atoms with Gasteiger partial charge < -0.3 is 10.3 Å². The van der Waals surface area contributed by atoms with Crippen molar-refractivity contribution in [1.29, 1.82) is 0 Å². The van der Waals surface area contributed by atoms with Gasteiger partial charge in [-0.05, 0) is 49.0 Å². The average Bonchev–Trinajstić information content (AvgIpc) is 2.59. The Balaban J connectivity index is 1.93. The van der Waals surface area contributed by atoms with Crippen molar-refractivity contribution in [2.75, 3.05) is 0 Å². The summed E-state index contributed by atoms with van der Waals surface area (Å²) in [5.41, 5.74) is 1.82. The lowest BCUT2D eigenvalue weighted by molar-refractivity contribution is 0.0940. The van der Waals surface area contributed by atoms with Crippen molar-refractivity contribution in [3.05, 3.63) is 73.2 Å². The molecule has 1 aromatic heterocycles. The van der Waals surface area contributed by atoms with E-state index in [-0.39, 0.29) is 17.5 Å². The number of rotatable bonds is 3. The molecule has 1 unspecified atom stereocenters. The van der Waals surface area contributed by atoms with Gasteiger partial charge in [0.1, 0.15) is 0 Å². The molecular weight excluding hydrogens is 402 g/mol. The van der Waals surface area contributed by atoms with Crippen molar-refractivity contribution < 1.29 is 4.79 Å². The van der Waals surface area contributed by atoms with Gasteiger partial charge in [0, 0.05) is 17.1 Å². The number of benzene rings is 2. The van der Waals surface area contributed by atoms with Crippen LogP contribution in [0.15, 0.2) is 51.7 Å². The van der Waals surface area contributed by atoms with Crippen LogP contribution in [0.1, 0.15) is 28.9 Å². The Morgan fingerprint density at radius 3 is 2.72 bits per heavy atom. The van der Waals surface area contributed by atoms with Gasteiger partial charge in [-0.25, -0.2) is 0 Å². The number of halogens is 1. The number of hydrogen-bond acceptors (Lipinski definition) is 3. The summed E-state index contributed by atoms with van der Waals surface area (Å²) in [7, 11) is 1.61. The number of amides is 1. The number of aromatic nitrogens is 2. The Bertz CT molecular complexity index is 1090. The Kier molecular flexibility index (Phi) is 4.87. The minimum absolute atomic E-state index is 0.166. The number of H-pyrrole nitrogens is 1. The second-order valence-corrected chi connectivity index (χ2v) is 7.01. The zero-order chi connectivity index (χ0) is 18.1. The zero-order valence-electron chi connectivity index (χ0n) is 13.7. The first-order valence-electron chi connectivity index (χ1n) is 7.67. The fourth-order valence-corrected chi connectivity index (χ4v) is 3.45. The van der Waals surface area contributed by atoms with E-state index in [9.17, 15) is 9.59 Å². The van der Waals surface area contributed by atoms with E-state index in [1.165, 1.54) is 4.57 Å². The summed E-state index contributed by atoms with van der Waals surface area (Å²) in [4.78, 5) is 27.8. The van der Waals surface area contributed by atoms with Crippen LogP contribution in [0.2, 0.25) is 0 Å². The highest BCUT2D eigenvalue weighted by atomic mass is 79.9. The Morgan fingerprint density at radius 2 is 2.00 bits per heavy atom. The Morgan fingerprint density at radius 1 is 1.28 bits per heavy atom. The molecule has 0 radical (unpaired) electrons. The van der Waals surface area contributed by atoms with Crippen molar-refractivity contribution in [2.24, 2.45) is 7.05 Å². The molecule has 1 atom stereocenters. The maximum Gasteiger partial charge on any atom is 0.261 e. The Labute approximate surface area is 157 Å². The van der Waals surface area contributed by atoms with E-state index >= 15 is 0 Å². The molecule has 0 saturated carbocycles. The van der Waals surface area contributed by atoms with E-state index in [4.69, 9.17) is 12.2 Å². The zero-order valence-corrected chi connectivity index (χ0v) is 16.1. The quantitative estimate of drug-likeness (QED) is 0.635. The van der Waals surface area contributed by atoms with Crippen LogP contribution in [0, 0.1) is 4.77 Å². The van der Waals surface area contributed by atoms with E-state index in [0.29, 0.717) is 21.2 Å². The lowest BCUT2D eigenvalue weighted by Crippen LogP contribution is -2.27. The van der Waals surface area contributed by atoms with Gasteiger partial charge in [0.05, 0.1) is 16.9 Å². The van der Waals surface area contributed by atoms with Gasteiger partial charge in [0.15, 0.2) is 4.77 Å². The number of carbonyl (C=O) groups excluding carboxylic acids is 1. The third-order valence-electron chi connectivity index (χ3n) is 4.08. The van der Waals surface area contributed by atoms with E-state index in [1.54, 1.807) is 25.2 Å². The van der Waals surface area contributed by atoms with Crippen LogP contribution < -0.4 is 10.9 Å².